The molecule has 1 unspecified atom stereocenters. The van der Waals surface area contributed by atoms with Gasteiger partial charge in [-0.1, -0.05) is 6.07 Å². The number of ether oxygens (including phenoxy) is 1. The normalized spacial score (nSPS) is 17.6. The van der Waals surface area contributed by atoms with E-state index in [9.17, 15) is 14.4 Å². The number of nitrogens with zero attached hydrogens (tertiary/aromatic N) is 3. The molecule has 1 N–H and O–H groups in total. The van der Waals surface area contributed by atoms with Gasteiger partial charge in [0.15, 0.2) is 0 Å². The van der Waals surface area contributed by atoms with Gasteiger partial charge in [-0.3, -0.25) is 19.4 Å². The first kappa shape index (κ1) is 28.1. The van der Waals surface area contributed by atoms with Crippen molar-refractivity contribution in [2.75, 3.05) is 45.2 Å². The molecule has 0 saturated carbocycles. The second-order valence-corrected chi connectivity index (χ2v) is 10.8. The summed E-state index contributed by atoms with van der Waals surface area (Å²) < 4.78 is 6.09. The van der Waals surface area contributed by atoms with E-state index >= 15 is 0 Å². The summed E-state index contributed by atoms with van der Waals surface area (Å²) in [4.78, 5) is 42.7. The number of thiol groups is 1. The van der Waals surface area contributed by atoms with E-state index in [1.807, 2.05) is 48.3 Å². The average Bonchev–Trinajstić information content (AvgIpc) is 2.91. The molecule has 0 aromatic heterocycles. The van der Waals surface area contributed by atoms with Crippen molar-refractivity contribution in [3.8, 4) is 5.75 Å². The Labute approximate surface area is 230 Å². The molecule has 0 spiro atoms. The van der Waals surface area contributed by atoms with Gasteiger partial charge in [0.1, 0.15) is 24.4 Å². The van der Waals surface area contributed by atoms with E-state index in [2.05, 4.69) is 33.8 Å². The lowest BCUT2D eigenvalue weighted by atomic mass is 9.97. The minimum Gasteiger partial charge on any atom is -0.488 e. The van der Waals surface area contributed by atoms with Gasteiger partial charge in [0.2, 0.25) is 5.91 Å². The molecule has 9 heteroatoms. The van der Waals surface area contributed by atoms with Crippen molar-refractivity contribution in [2.45, 2.75) is 55.3 Å². The molecule has 0 bridgehead atoms. The molecule has 204 valence electrons. The summed E-state index contributed by atoms with van der Waals surface area (Å²) in [5.74, 6) is 0.789. The van der Waals surface area contributed by atoms with Gasteiger partial charge >= 0.3 is 0 Å². The third-order valence-corrected chi connectivity index (χ3v) is 7.96. The van der Waals surface area contributed by atoms with Gasteiger partial charge in [-0.15, -0.1) is 12.6 Å². The highest BCUT2D eigenvalue weighted by atomic mass is 32.1. The number of likely N-dealkylation sites (N-methyl/N-ethyl adjacent to an activating group) is 1. The molecular formula is C29H38N4O4S. The van der Waals surface area contributed by atoms with Crippen molar-refractivity contribution in [3.63, 3.8) is 0 Å². The first-order valence-corrected chi connectivity index (χ1v) is 13.7. The number of benzene rings is 2. The minimum atomic E-state index is -0.391. The molecule has 8 nitrogen and oxygen atoms in total. The molecule has 2 heterocycles. The van der Waals surface area contributed by atoms with Gasteiger partial charge in [-0.2, -0.15) is 0 Å². The Bertz CT molecular complexity index is 1120. The number of piperidine rings is 1. The molecule has 38 heavy (non-hydrogen) atoms. The zero-order valence-corrected chi connectivity index (χ0v) is 23.1. The van der Waals surface area contributed by atoms with Crippen LogP contribution in [0, 0.1) is 0 Å². The van der Waals surface area contributed by atoms with Crippen molar-refractivity contribution >= 4 is 36.8 Å². The molecule has 0 aliphatic carbocycles. The van der Waals surface area contributed by atoms with Crippen LogP contribution in [0.2, 0.25) is 0 Å². The van der Waals surface area contributed by atoms with E-state index in [4.69, 9.17) is 4.74 Å². The molecule has 2 saturated heterocycles. The van der Waals surface area contributed by atoms with E-state index in [1.165, 1.54) is 0 Å². The summed E-state index contributed by atoms with van der Waals surface area (Å²) in [5.41, 5.74) is 2.62. The predicted octanol–water partition coefficient (Wildman–Crippen LogP) is 3.05. The highest BCUT2D eigenvalue weighted by Crippen LogP contribution is 2.29. The second-order valence-electron chi connectivity index (χ2n) is 10.2. The van der Waals surface area contributed by atoms with Crippen LogP contribution < -0.4 is 15.0 Å². The number of aldehydes is 2. The van der Waals surface area contributed by atoms with Gasteiger partial charge in [-0.25, -0.2) is 0 Å². The second kappa shape index (κ2) is 13.3. The lowest BCUT2D eigenvalue weighted by Crippen LogP contribution is -2.59. The van der Waals surface area contributed by atoms with Crippen molar-refractivity contribution in [3.05, 3.63) is 53.6 Å². The number of anilines is 1. The Hall–Kier alpha value is -2.88. The van der Waals surface area contributed by atoms with Crippen molar-refractivity contribution in [1.82, 2.24) is 15.1 Å². The summed E-state index contributed by atoms with van der Waals surface area (Å²) in [6.07, 6.45) is 4.85. The molecule has 0 radical (unpaired) electrons. The van der Waals surface area contributed by atoms with Crippen LogP contribution in [0.4, 0.5) is 5.69 Å². The Balaban J connectivity index is 1.29. The van der Waals surface area contributed by atoms with E-state index < -0.39 is 6.04 Å². The Morgan fingerprint density at radius 1 is 1.18 bits per heavy atom. The Morgan fingerprint density at radius 3 is 2.61 bits per heavy atom. The number of hydrogen-bond donors (Lipinski definition) is 2. The van der Waals surface area contributed by atoms with Crippen LogP contribution in [0.5, 0.6) is 5.75 Å². The number of carbonyl (C=O) groups is 3. The molecule has 2 aliphatic rings. The molecule has 4 rings (SSSR count). The highest BCUT2D eigenvalue weighted by Gasteiger charge is 2.35. The summed E-state index contributed by atoms with van der Waals surface area (Å²) in [6, 6.07) is 14.0. The largest absolute Gasteiger partial charge is 0.488 e. The highest BCUT2D eigenvalue weighted by molar-refractivity contribution is 7.80. The monoisotopic (exact) mass is 538 g/mol. The summed E-state index contributed by atoms with van der Waals surface area (Å²) in [7, 11) is 3.45. The number of amides is 1. The smallest absolute Gasteiger partial charge is 0.219 e. The molecule has 1 atom stereocenters. The number of carbonyl (C=O) groups excluding carboxylic acids is 3. The van der Waals surface area contributed by atoms with E-state index in [0.29, 0.717) is 24.6 Å². The molecule has 2 fully saturated rings. The molecule has 2 aromatic carbocycles. The van der Waals surface area contributed by atoms with Crippen molar-refractivity contribution < 1.29 is 19.1 Å². The Kier molecular flexibility index (Phi) is 9.82. The predicted molar refractivity (Wildman–Crippen MR) is 151 cm³/mol. The van der Waals surface area contributed by atoms with Gasteiger partial charge in [0.05, 0.1) is 6.04 Å². The number of likely N-dealkylation sites (tertiary alicyclic amines) is 1. The van der Waals surface area contributed by atoms with Gasteiger partial charge < -0.3 is 19.7 Å². The van der Waals surface area contributed by atoms with Gasteiger partial charge in [-0.05, 0) is 68.3 Å². The van der Waals surface area contributed by atoms with Gasteiger partial charge in [0, 0.05) is 68.4 Å². The lowest BCUT2D eigenvalue weighted by molar-refractivity contribution is -0.121. The van der Waals surface area contributed by atoms with Crippen LogP contribution in [0.15, 0.2) is 47.4 Å². The fraction of sp³-hybridized carbons (Fsp3) is 0.483. The number of hydrogen-bond acceptors (Lipinski definition) is 8. The van der Waals surface area contributed by atoms with E-state index in [0.717, 1.165) is 73.5 Å². The number of nitrogens with one attached hydrogen (secondary N) is 1. The standard InChI is InChI=1S/C29H38N4O4S/c1-30-29(36)9-8-25(20-35)31(2)16-22-14-24(7-6-21(22)19-34)32-12-10-23(11-13-32)33-17-27(18-33)37-26-4-3-5-28(38)15-26/h3-7,14-15,19-20,23,25,27,38H,8-13,16-18H2,1-2H3,(H,30,36). The van der Waals surface area contributed by atoms with E-state index in [1.54, 1.807) is 7.05 Å². The first-order valence-electron chi connectivity index (χ1n) is 13.3. The van der Waals surface area contributed by atoms with Crippen LogP contribution in [-0.2, 0) is 16.1 Å². The SMILES string of the molecule is CNC(=O)CCC(C=O)N(C)Cc1cc(N2CCC(N3CC(Oc4cccc(S)c4)C3)CC2)ccc1C=O. The van der Waals surface area contributed by atoms with Crippen LogP contribution in [0.1, 0.15) is 41.6 Å². The molecule has 2 aliphatic heterocycles. The molecular weight excluding hydrogens is 500 g/mol. The topological polar surface area (TPSA) is 82.2 Å². The zero-order valence-electron chi connectivity index (χ0n) is 22.2. The van der Waals surface area contributed by atoms with E-state index in [-0.39, 0.29) is 18.4 Å². The minimum absolute atomic E-state index is 0.0891. The van der Waals surface area contributed by atoms with Crippen LogP contribution in [0.3, 0.4) is 0 Å². The molecule has 2 aromatic rings. The lowest BCUT2D eigenvalue weighted by Gasteiger charge is -2.47. The molecule has 1 amide bonds. The zero-order chi connectivity index (χ0) is 27.1. The maximum atomic E-state index is 11.7. The maximum absolute atomic E-state index is 11.7. The van der Waals surface area contributed by atoms with Crippen LogP contribution >= 0.6 is 12.6 Å². The third-order valence-electron chi connectivity index (χ3n) is 7.69. The van der Waals surface area contributed by atoms with Crippen LogP contribution in [0.25, 0.3) is 0 Å². The summed E-state index contributed by atoms with van der Waals surface area (Å²) >= 11 is 4.39. The fourth-order valence-corrected chi connectivity index (χ4v) is 5.52. The number of rotatable bonds is 12. The van der Waals surface area contributed by atoms with Crippen molar-refractivity contribution in [2.24, 2.45) is 0 Å². The van der Waals surface area contributed by atoms with Crippen molar-refractivity contribution in [1.29, 1.82) is 0 Å². The quantitative estimate of drug-likeness (QED) is 0.318. The Morgan fingerprint density at radius 2 is 1.95 bits per heavy atom. The average molecular weight is 539 g/mol. The summed E-state index contributed by atoms with van der Waals surface area (Å²) in [5, 5.41) is 2.59. The van der Waals surface area contributed by atoms with Gasteiger partial charge in [0.25, 0.3) is 0 Å². The maximum Gasteiger partial charge on any atom is 0.219 e. The fourth-order valence-electron chi connectivity index (χ4n) is 5.30. The summed E-state index contributed by atoms with van der Waals surface area (Å²) in [6.45, 7) is 4.26. The van der Waals surface area contributed by atoms with Crippen LogP contribution in [-0.4, -0.2) is 86.7 Å². The first-order chi connectivity index (χ1) is 18.4. The third kappa shape index (κ3) is 7.15.